The molecule has 2 fully saturated rings. The lowest BCUT2D eigenvalue weighted by molar-refractivity contribution is 0.00578. The first-order chi connectivity index (χ1) is 10.6. The molecule has 0 spiro atoms. The number of hydrogen-bond donors (Lipinski definition) is 0. The number of benzene rings is 1. The molecule has 1 aliphatic carbocycles. The van der Waals surface area contributed by atoms with Crippen LogP contribution in [0.4, 0.5) is 0 Å². The standard InChI is InChI=1S/C15H21BO4S.C2H6/c1-14(2)15(3,4)20-16(19-14)11-6-5-7-13(10-11)21(17,18)12-8-9-12;1-2/h5-7,10,12H,8-9H2,1-4H3;1-2H3. The molecule has 128 valence electrons. The smallest absolute Gasteiger partial charge is 0.399 e. The lowest BCUT2D eigenvalue weighted by Gasteiger charge is -2.32. The van der Waals surface area contributed by atoms with Crippen molar-refractivity contribution in [1.29, 1.82) is 0 Å². The van der Waals surface area contributed by atoms with E-state index in [0.717, 1.165) is 18.3 Å². The number of hydrogen-bond acceptors (Lipinski definition) is 4. The average Bonchev–Trinajstić information content (AvgIpc) is 3.30. The lowest BCUT2D eigenvalue weighted by Crippen LogP contribution is -2.41. The highest BCUT2D eigenvalue weighted by Gasteiger charge is 2.51. The molecular weight excluding hydrogens is 311 g/mol. The van der Waals surface area contributed by atoms with E-state index in [2.05, 4.69) is 0 Å². The highest BCUT2D eigenvalue weighted by Crippen LogP contribution is 2.37. The summed E-state index contributed by atoms with van der Waals surface area (Å²) >= 11 is 0. The second kappa shape index (κ2) is 6.23. The van der Waals surface area contributed by atoms with E-state index in [-0.39, 0.29) is 5.25 Å². The van der Waals surface area contributed by atoms with E-state index in [0.29, 0.717) is 4.90 Å². The van der Waals surface area contributed by atoms with Crippen LogP contribution >= 0.6 is 0 Å². The Bertz CT molecular complexity index is 647. The third-order valence-corrected chi connectivity index (χ3v) is 6.94. The van der Waals surface area contributed by atoms with Crippen LogP contribution in [0.25, 0.3) is 0 Å². The third kappa shape index (κ3) is 3.49. The number of rotatable bonds is 3. The van der Waals surface area contributed by atoms with E-state index in [1.165, 1.54) is 0 Å². The van der Waals surface area contributed by atoms with Gasteiger partial charge in [0.25, 0.3) is 0 Å². The zero-order chi connectivity index (χ0) is 17.5. The Morgan fingerprint density at radius 1 is 1.04 bits per heavy atom. The van der Waals surface area contributed by atoms with Crippen LogP contribution in [-0.2, 0) is 19.1 Å². The molecule has 0 amide bonds. The molecule has 0 aromatic heterocycles. The molecule has 1 aromatic carbocycles. The Morgan fingerprint density at radius 3 is 2.04 bits per heavy atom. The summed E-state index contributed by atoms with van der Waals surface area (Å²) in [5.41, 5.74) is -0.0955. The molecule has 0 radical (unpaired) electrons. The first-order valence-electron chi connectivity index (χ1n) is 8.33. The Morgan fingerprint density at radius 2 is 1.57 bits per heavy atom. The van der Waals surface area contributed by atoms with Gasteiger partial charge in [-0.05, 0) is 58.1 Å². The van der Waals surface area contributed by atoms with Crippen LogP contribution < -0.4 is 5.46 Å². The maximum absolute atomic E-state index is 12.3. The van der Waals surface area contributed by atoms with Crippen molar-refractivity contribution >= 4 is 22.4 Å². The van der Waals surface area contributed by atoms with Gasteiger partial charge < -0.3 is 9.31 Å². The molecule has 1 heterocycles. The fourth-order valence-electron chi connectivity index (χ4n) is 2.39. The summed E-state index contributed by atoms with van der Waals surface area (Å²) in [6, 6.07) is 6.96. The molecule has 0 N–H and O–H groups in total. The Balaban J connectivity index is 0.000000924. The monoisotopic (exact) mass is 338 g/mol. The van der Waals surface area contributed by atoms with Crippen molar-refractivity contribution in [2.45, 2.75) is 75.7 Å². The van der Waals surface area contributed by atoms with Gasteiger partial charge in [-0.2, -0.15) is 0 Å². The van der Waals surface area contributed by atoms with E-state index in [1.54, 1.807) is 18.2 Å². The molecular formula is C17H27BO4S. The topological polar surface area (TPSA) is 52.6 Å². The first-order valence-corrected chi connectivity index (χ1v) is 9.88. The fourth-order valence-corrected chi connectivity index (χ4v) is 4.10. The summed E-state index contributed by atoms with van der Waals surface area (Å²) in [4.78, 5) is 0.372. The molecule has 6 heteroatoms. The summed E-state index contributed by atoms with van der Waals surface area (Å²) in [5.74, 6) is 0. The van der Waals surface area contributed by atoms with Gasteiger partial charge in [0.2, 0.25) is 0 Å². The van der Waals surface area contributed by atoms with Crippen LogP contribution in [0.3, 0.4) is 0 Å². The Labute approximate surface area is 140 Å². The van der Waals surface area contributed by atoms with Gasteiger partial charge in [0, 0.05) is 0 Å². The van der Waals surface area contributed by atoms with E-state index >= 15 is 0 Å². The van der Waals surface area contributed by atoms with E-state index in [4.69, 9.17) is 9.31 Å². The second-order valence-electron chi connectivity index (χ2n) is 6.91. The van der Waals surface area contributed by atoms with Crippen molar-refractivity contribution in [2.75, 3.05) is 0 Å². The molecule has 1 aromatic rings. The first kappa shape index (κ1) is 18.5. The predicted molar refractivity (Wildman–Crippen MR) is 93.7 cm³/mol. The summed E-state index contributed by atoms with van der Waals surface area (Å²) in [6.07, 6.45) is 1.53. The van der Waals surface area contributed by atoms with Crippen LogP contribution in [0.1, 0.15) is 54.4 Å². The summed E-state index contributed by atoms with van der Waals surface area (Å²) in [7, 11) is -3.71. The van der Waals surface area contributed by atoms with E-state index < -0.39 is 28.2 Å². The van der Waals surface area contributed by atoms with Gasteiger partial charge in [-0.25, -0.2) is 8.42 Å². The highest BCUT2D eigenvalue weighted by molar-refractivity contribution is 7.92. The predicted octanol–water partition coefficient (Wildman–Crippen LogP) is 2.95. The average molecular weight is 338 g/mol. The van der Waals surface area contributed by atoms with Crippen LogP contribution in [0.15, 0.2) is 29.2 Å². The molecule has 3 rings (SSSR count). The van der Waals surface area contributed by atoms with Gasteiger partial charge in [0.1, 0.15) is 0 Å². The van der Waals surface area contributed by atoms with Crippen LogP contribution in [-0.4, -0.2) is 32.0 Å². The molecule has 1 saturated heterocycles. The largest absolute Gasteiger partial charge is 0.494 e. The molecule has 1 saturated carbocycles. The van der Waals surface area contributed by atoms with Crippen LogP contribution in [0.2, 0.25) is 0 Å². The zero-order valence-electron chi connectivity index (χ0n) is 14.9. The maximum Gasteiger partial charge on any atom is 0.494 e. The SMILES string of the molecule is CC.CC1(C)OB(c2cccc(S(=O)(=O)C3CC3)c2)OC1(C)C. The summed E-state index contributed by atoms with van der Waals surface area (Å²) in [5, 5.41) is -0.203. The quantitative estimate of drug-likeness (QED) is 0.795. The third-order valence-electron chi connectivity index (χ3n) is 4.68. The van der Waals surface area contributed by atoms with Gasteiger partial charge >= 0.3 is 7.12 Å². The Hall–Kier alpha value is -0.845. The van der Waals surface area contributed by atoms with E-state index in [1.807, 2.05) is 47.6 Å². The lowest BCUT2D eigenvalue weighted by atomic mass is 9.79. The minimum atomic E-state index is -3.19. The highest BCUT2D eigenvalue weighted by atomic mass is 32.2. The van der Waals surface area contributed by atoms with Gasteiger partial charge in [0.15, 0.2) is 9.84 Å². The van der Waals surface area contributed by atoms with Gasteiger partial charge in [-0.1, -0.05) is 26.0 Å². The van der Waals surface area contributed by atoms with Crippen molar-refractivity contribution in [3.8, 4) is 0 Å². The molecule has 0 atom stereocenters. The molecule has 2 aliphatic rings. The van der Waals surface area contributed by atoms with Gasteiger partial charge in [-0.15, -0.1) is 0 Å². The molecule has 1 aliphatic heterocycles. The van der Waals surface area contributed by atoms with Crippen molar-refractivity contribution < 1.29 is 17.7 Å². The van der Waals surface area contributed by atoms with Crippen LogP contribution in [0, 0.1) is 0 Å². The van der Waals surface area contributed by atoms with Crippen molar-refractivity contribution in [1.82, 2.24) is 0 Å². The number of sulfone groups is 1. The normalized spacial score (nSPS) is 22.4. The second-order valence-corrected chi connectivity index (χ2v) is 9.13. The fraction of sp³-hybridized carbons (Fsp3) is 0.647. The molecule has 0 unspecified atom stereocenters. The maximum atomic E-state index is 12.3. The molecule has 23 heavy (non-hydrogen) atoms. The summed E-state index contributed by atoms with van der Waals surface area (Å²) in [6.45, 7) is 11.9. The van der Waals surface area contributed by atoms with Gasteiger partial charge in [0.05, 0.1) is 21.3 Å². The van der Waals surface area contributed by atoms with Crippen molar-refractivity contribution in [3.05, 3.63) is 24.3 Å². The molecule has 4 nitrogen and oxygen atoms in total. The van der Waals surface area contributed by atoms with Crippen LogP contribution in [0.5, 0.6) is 0 Å². The van der Waals surface area contributed by atoms with E-state index in [9.17, 15) is 8.42 Å². The summed E-state index contributed by atoms with van der Waals surface area (Å²) < 4.78 is 36.6. The van der Waals surface area contributed by atoms with Gasteiger partial charge in [-0.3, -0.25) is 0 Å². The van der Waals surface area contributed by atoms with Crippen molar-refractivity contribution in [2.24, 2.45) is 0 Å². The minimum Gasteiger partial charge on any atom is -0.399 e. The Kier molecular flexibility index (Phi) is 5.01. The zero-order valence-corrected chi connectivity index (χ0v) is 15.7. The van der Waals surface area contributed by atoms with Crippen molar-refractivity contribution in [3.63, 3.8) is 0 Å². The molecule has 0 bridgehead atoms. The minimum absolute atomic E-state index is 0.203.